The molecule has 1 aromatic carbocycles. The van der Waals surface area contributed by atoms with Gasteiger partial charge in [-0.1, -0.05) is 6.42 Å². The third-order valence-electron chi connectivity index (χ3n) is 4.80. The second kappa shape index (κ2) is 8.98. The summed E-state index contributed by atoms with van der Waals surface area (Å²) in [7, 11) is -1.98. The molecule has 0 heterocycles. The van der Waals surface area contributed by atoms with Gasteiger partial charge in [-0.25, -0.2) is 8.42 Å². The number of carbonyl (C=O) groups excluding carboxylic acids is 1. The quantitative estimate of drug-likeness (QED) is 0.778. The van der Waals surface area contributed by atoms with Gasteiger partial charge in [-0.2, -0.15) is 4.31 Å². The van der Waals surface area contributed by atoms with Gasteiger partial charge in [0.15, 0.2) is 0 Å². The summed E-state index contributed by atoms with van der Waals surface area (Å²) in [4.78, 5) is 12.5. The summed E-state index contributed by atoms with van der Waals surface area (Å²) in [6.45, 7) is 4.20. The van der Waals surface area contributed by atoms with Crippen molar-refractivity contribution >= 4 is 28.3 Å². The molecule has 142 valence electrons. The van der Waals surface area contributed by atoms with Gasteiger partial charge in [0.2, 0.25) is 10.0 Å². The van der Waals surface area contributed by atoms with E-state index in [0.717, 1.165) is 19.3 Å². The minimum atomic E-state index is -3.53. The molecular formula is C17H28ClN3O3S. The van der Waals surface area contributed by atoms with Gasteiger partial charge >= 0.3 is 0 Å². The van der Waals surface area contributed by atoms with E-state index in [9.17, 15) is 13.2 Å². The highest BCUT2D eigenvalue weighted by Gasteiger charge is 2.28. The lowest BCUT2D eigenvalue weighted by Gasteiger charge is -2.21. The van der Waals surface area contributed by atoms with Crippen LogP contribution in [0.4, 0.5) is 0 Å². The molecule has 1 fully saturated rings. The molecule has 1 amide bonds. The second-order valence-electron chi connectivity index (χ2n) is 6.65. The highest BCUT2D eigenvalue weighted by Crippen LogP contribution is 2.25. The van der Waals surface area contributed by atoms with Crippen LogP contribution in [0.25, 0.3) is 0 Å². The number of hydrogen-bond acceptors (Lipinski definition) is 4. The van der Waals surface area contributed by atoms with Crippen LogP contribution < -0.4 is 11.1 Å². The first-order chi connectivity index (χ1) is 11.3. The van der Waals surface area contributed by atoms with Crippen LogP contribution in [-0.2, 0) is 10.0 Å². The number of nitrogens with one attached hydrogen (secondary N) is 1. The number of carbonyl (C=O) groups is 1. The first-order valence-electron chi connectivity index (χ1n) is 8.36. The van der Waals surface area contributed by atoms with Crippen LogP contribution in [0.1, 0.15) is 43.5 Å². The molecule has 1 saturated carbocycles. The van der Waals surface area contributed by atoms with E-state index in [1.165, 1.54) is 16.4 Å². The number of hydrogen-bond donors (Lipinski definition) is 2. The Morgan fingerprint density at radius 2 is 1.88 bits per heavy atom. The van der Waals surface area contributed by atoms with E-state index < -0.39 is 10.0 Å². The van der Waals surface area contributed by atoms with Crippen LogP contribution in [0.15, 0.2) is 29.2 Å². The van der Waals surface area contributed by atoms with Gasteiger partial charge in [-0.05, 0) is 63.4 Å². The Morgan fingerprint density at radius 3 is 2.40 bits per heavy atom. The van der Waals surface area contributed by atoms with Gasteiger partial charge in [-0.15, -0.1) is 12.4 Å². The Bertz CT molecular complexity index is 677. The SMILES string of the molecule is CC(C)N(C)S(=O)(=O)c1ccc(C(=O)NC2CCCC2CN)cc1.Cl. The number of amides is 1. The molecule has 0 bridgehead atoms. The minimum absolute atomic E-state index is 0. The van der Waals surface area contributed by atoms with Crippen molar-refractivity contribution < 1.29 is 13.2 Å². The van der Waals surface area contributed by atoms with Gasteiger partial charge in [0, 0.05) is 24.7 Å². The first-order valence-corrected chi connectivity index (χ1v) is 9.80. The van der Waals surface area contributed by atoms with Crippen LogP contribution in [0.2, 0.25) is 0 Å². The van der Waals surface area contributed by atoms with Crippen LogP contribution in [0, 0.1) is 5.92 Å². The van der Waals surface area contributed by atoms with Crippen LogP contribution in [0.3, 0.4) is 0 Å². The Kier molecular flexibility index (Phi) is 7.87. The van der Waals surface area contributed by atoms with Crippen molar-refractivity contribution in [2.75, 3.05) is 13.6 Å². The van der Waals surface area contributed by atoms with Crippen molar-refractivity contribution in [2.24, 2.45) is 11.7 Å². The van der Waals surface area contributed by atoms with Crippen molar-refractivity contribution in [1.29, 1.82) is 0 Å². The predicted octanol–water partition coefficient (Wildman–Crippen LogP) is 1.99. The van der Waals surface area contributed by atoms with Gasteiger partial charge < -0.3 is 11.1 Å². The largest absolute Gasteiger partial charge is 0.349 e. The number of nitrogens with two attached hydrogens (primary N) is 1. The highest BCUT2D eigenvalue weighted by molar-refractivity contribution is 7.89. The van der Waals surface area contributed by atoms with Gasteiger partial charge in [0.1, 0.15) is 0 Å². The monoisotopic (exact) mass is 389 g/mol. The molecule has 2 atom stereocenters. The zero-order valence-electron chi connectivity index (χ0n) is 14.9. The zero-order chi connectivity index (χ0) is 17.9. The highest BCUT2D eigenvalue weighted by atomic mass is 35.5. The standard InChI is InChI=1S/C17H27N3O3S.ClH/c1-12(2)20(3)24(22,23)15-9-7-13(8-10-15)17(21)19-16-6-4-5-14(16)11-18;/h7-10,12,14,16H,4-6,11,18H2,1-3H3,(H,19,21);1H. The Balaban J connectivity index is 0.00000312. The lowest BCUT2D eigenvalue weighted by atomic mass is 10.0. The average molecular weight is 390 g/mol. The predicted molar refractivity (Wildman–Crippen MR) is 101 cm³/mol. The van der Waals surface area contributed by atoms with E-state index in [1.807, 2.05) is 13.8 Å². The van der Waals surface area contributed by atoms with Crippen molar-refractivity contribution in [3.63, 3.8) is 0 Å². The van der Waals surface area contributed by atoms with Crippen LogP contribution in [0.5, 0.6) is 0 Å². The summed E-state index contributed by atoms with van der Waals surface area (Å²) in [5.74, 6) is 0.148. The summed E-state index contributed by atoms with van der Waals surface area (Å²) in [6.07, 6.45) is 3.06. The van der Waals surface area contributed by atoms with Gasteiger partial charge in [0.25, 0.3) is 5.91 Å². The number of benzene rings is 1. The van der Waals surface area contributed by atoms with E-state index in [1.54, 1.807) is 19.2 Å². The number of halogens is 1. The molecule has 1 aromatic rings. The zero-order valence-corrected chi connectivity index (χ0v) is 16.6. The molecule has 8 heteroatoms. The molecule has 0 aromatic heterocycles. The molecule has 0 spiro atoms. The molecule has 3 N–H and O–H groups in total. The van der Waals surface area contributed by atoms with Crippen molar-refractivity contribution in [2.45, 2.75) is 50.1 Å². The molecule has 0 aliphatic heterocycles. The van der Waals surface area contributed by atoms with Crippen molar-refractivity contribution in [3.05, 3.63) is 29.8 Å². The fourth-order valence-corrected chi connectivity index (χ4v) is 4.35. The lowest BCUT2D eigenvalue weighted by Crippen LogP contribution is -2.39. The smallest absolute Gasteiger partial charge is 0.251 e. The van der Waals surface area contributed by atoms with E-state index in [2.05, 4.69) is 5.32 Å². The van der Waals surface area contributed by atoms with Gasteiger partial charge in [0.05, 0.1) is 4.90 Å². The topological polar surface area (TPSA) is 92.5 Å². The number of sulfonamides is 1. The first kappa shape index (κ1) is 21.9. The van der Waals surface area contributed by atoms with Gasteiger partial charge in [-0.3, -0.25) is 4.79 Å². The van der Waals surface area contributed by atoms with Crippen LogP contribution >= 0.6 is 12.4 Å². The summed E-state index contributed by atoms with van der Waals surface area (Å²) >= 11 is 0. The van der Waals surface area contributed by atoms with E-state index >= 15 is 0 Å². The number of nitrogens with zero attached hydrogens (tertiary/aromatic N) is 1. The van der Waals surface area contributed by atoms with E-state index in [4.69, 9.17) is 5.73 Å². The molecular weight excluding hydrogens is 362 g/mol. The Morgan fingerprint density at radius 1 is 1.28 bits per heavy atom. The second-order valence-corrected chi connectivity index (χ2v) is 8.64. The fraction of sp³-hybridized carbons (Fsp3) is 0.588. The minimum Gasteiger partial charge on any atom is -0.349 e. The van der Waals surface area contributed by atoms with E-state index in [-0.39, 0.29) is 35.3 Å². The molecule has 25 heavy (non-hydrogen) atoms. The van der Waals surface area contributed by atoms with Crippen molar-refractivity contribution in [1.82, 2.24) is 9.62 Å². The molecule has 2 unspecified atom stereocenters. The maximum atomic E-state index is 12.4. The molecule has 0 radical (unpaired) electrons. The normalized spacial score (nSPS) is 20.6. The van der Waals surface area contributed by atoms with E-state index in [0.29, 0.717) is 18.0 Å². The lowest BCUT2D eigenvalue weighted by molar-refractivity contribution is 0.0928. The van der Waals surface area contributed by atoms with Crippen molar-refractivity contribution in [3.8, 4) is 0 Å². The third kappa shape index (κ3) is 4.94. The molecule has 1 aliphatic rings. The maximum absolute atomic E-state index is 12.4. The third-order valence-corrected chi connectivity index (χ3v) is 6.85. The summed E-state index contributed by atoms with van der Waals surface area (Å²) < 4.78 is 26.2. The molecule has 0 saturated heterocycles. The van der Waals surface area contributed by atoms with Crippen LogP contribution in [-0.4, -0.2) is 44.3 Å². The summed E-state index contributed by atoms with van der Waals surface area (Å²) in [5.41, 5.74) is 6.20. The maximum Gasteiger partial charge on any atom is 0.251 e. The molecule has 2 rings (SSSR count). The average Bonchev–Trinajstić information content (AvgIpc) is 3.01. The summed E-state index contributed by atoms with van der Waals surface area (Å²) in [6, 6.07) is 6.06. The summed E-state index contributed by atoms with van der Waals surface area (Å²) in [5, 5.41) is 3.02. The Hall–Kier alpha value is -1.15. The molecule has 1 aliphatic carbocycles. The fourth-order valence-electron chi connectivity index (χ4n) is 2.98. The Labute approximate surface area is 156 Å². The number of rotatable bonds is 6. The molecule has 6 nitrogen and oxygen atoms in total.